The van der Waals surface area contributed by atoms with E-state index in [1.54, 1.807) is 29.6 Å². The monoisotopic (exact) mass is 383 g/mol. The molecule has 8 heteroatoms. The summed E-state index contributed by atoms with van der Waals surface area (Å²) in [7, 11) is 0. The number of benzene rings is 1. The Morgan fingerprint density at radius 2 is 1.61 bits per heavy atom. The second kappa shape index (κ2) is 8.24. The van der Waals surface area contributed by atoms with E-state index in [1.807, 2.05) is 37.3 Å². The van der Waals surface area contributed by atoms with Crippen molar-refractivity contribution in [2.45, 2.75) is 26.8 Å². The number of rotatable bonds is 3. The van der Waals surface area contributed by atoms with Crippen molar-refractivity contribution < 1.29 is 14.4 Å². The summed E-state index contributed by atoms with van der Waals surface area (Å²) < 4.78 is 1.74. The van der Waals surface area contributed by atoms with Gasteiger partial charge in [0.1, 0.15) is 0 Å². The first-order valence-electron chi connectivity index (χ1n) is 9.37. The molecule has 2 aromatic rings. The van der Waals surface area contributed by atoms with Crippen molar-refractivity contribution in [2.75, 3.05) is 26.2 Å². The van der Waals surface area contributed by atoms with Crippen LogP contribution in [0.1, 0.15) is 29.9 Å². The minimum atomic E-state index is -0.602. The number of hydrogen-bond acceptors (Lipinski definition) is 4. The molecule has 1 fully saturated rings. The lowest BCUT2D eigenvalue weighted by Gasteiger charge is -2.34. The highest BCUT2D eigenvalue weighted by atomic mass is 16.2. The molecule has 1 aromatic carbocycles. The third-order valence-electron chi connectivity index (χ3n) is 4.71. The van der Waals surface area contributed by atoms with Crippen molar-refractivity contribution in [1.82, 2.24) is 24.9 Å². The summed E-state index contributed by atoms with van der Waals surface area (Å²) in [4.78, 5) is 40.2. The minimum Gasteiger partial charge on any atom is -0.346 e. The summed E-state index contributed by atoms with van der Waals surface area (Å²) in [6, 6.07) is 9.54. The number of carbonyl (C=O) groups excluding carboxylic acids is 3. The Bertz CT molecular complexity index is 867. The van der Waals surface area contributed by atoms with Crippen molar-refractivity contribution in [1.29, 1.82) is 0 Å². The van der Waals surface area contributed by atoms with Crippen molar-refractivity contribution in [3.8, 4) is 5.69 Å². The Kier molecular flexibility index (Phi) is 5.77. The smallest absolute Gasteiger partial charge is 0.312 e. The molecule has 0 atom stereocenters. The first-order valence-corrected chi connectivity index (χ1v) is 9.37. The fourth-order valence-corrected chi connectivity index (χ4v) is 3.20. The highest BCUT2D eigenvalue weighted by molar-refractivity contribution is 6.35. The van der Waals surface area contributed by atoms with E-state index in [0.717, 1.165) is 11.4 Å². The SMILES string of the molecule is Cc1c(C(=O)N2CCN(C(=O)C(=O)NC(C)C)CC2)cnn1-c1ccccc1. The van der Waals surface area contributed by atoms with Gasteiger partial charge in [0.2, 0.25) is 0 Å². The van der Waals surface area contributed by atoms with Crippen LogP contribution in [-0.2, 0) is 9.59 Å². The van der Waals surface area contributed by atoms with Crippen LogP contribution in [-0.4, -0.2) is 69.5 Å². The number of carbonyl (C=O) groups is 3. The zero-order chi connectivity index (χ0) is 20.3. The largest absolute Gasteiger partial charge is 0.346 e. The quantitative estimate of drug-likeness (QED) is 0.801. The van der Waals surface area contributed by atoms with Gasteiger partial charge in [-0.1, -0.05) is 18.2 Å². The van der Waals surface area contributed by atoms with E-state index in [2.05, 4.69) is 10.4 Å². The fourth-order valence-electron chi connectivity index (χ4n) is 3.20. The average Bonchev–Trinajstić information content (AvgIpc) is 3.08. The lowest BCUT2D eigenvalue weighted by atomic mass is 10.2. The van der Waals surface area contributed by atoms with E-state index < -0.39 is 11.8 Å². The van der Waals surface area contributed by atoms with Crippen molar-refractivity contribution in [2.24, 2.45) is 0 Å². The third-order valence-corrected chi connectivity index (χ3v) is 4.71. The van der Waals surface area contributed by atoms with Crippen LogP contribution in [0.2, 0.25) is 0 Å². The van der Waals surface area contributed by atoms with Crippen molar-refractivity contribution in [3.63, 3.8) is 0 Å². The molecule has 2 heterocycles. The fraction of sp³-hybridized carbons (Fsp3) is 0.400. The van der Waals surface area contributed by atoms with Crippen LogP contribution in [0.15, 0.2) is 36.5 Å². The number of hydrogen-bond donors (Lipinski definition) is 1. The van der Waals surface area contributed by atoms with Gasteiger partial charge in [0, 0.05) is 32.2 Å². The number of piperazine rings is 1. The van der Waals surface area contributed by atoms with Gasteiger partial charge >= 0.3 is 11.8 Å². The predicted molar refractivity (Wildman–Crippen MR) is 104 cm³/mol. The van der Waals surface area contributed by atoms with Gasteiger partial charge in [-0.25, -0.2) is 4.68 Å². The molecule has 3 rings (SSSR count). The molecule has 28 heavy (non-hydrogen) atoms. The molecule has 0 spiro atoms. The van der Waals surface area contributed by atoms with Gasteiger partial charge in [-0.2, -0.15) is 5.10 Å². The summed E-state index contributed by atoms with van der Waals surface area (Å²) in [6.45, 7) is 6.91. The average molecular weight is 383 g/mol. The van der Waals surface area contributed by atoms with Gasteiger partial charge in [0.05, 0.1) is 23.1 Å². The van der Waals surface area contributed by atoms with E-state index in [0.29, 0.717) is 31.7 Å². The van der Waals surface area contributed by atoms with Crippen LogP contribution in [0, 0.1) is 6.92 Å². The van der Waals surface area contributed by atoms with Gasteiger partial charge in [-0.05, 0) is 32.9 Å². The second-order valence-corrected chi connectivity index (χ2v) is 7.10. The number of amides is 3. The molecule has 0 aliphatic carbocycles. The van der Waals surface area contributed by atoms with Crippen LogP contribution < -0.4 is 5.32 Å². The Balaban J connectivity index is 1.64. The van der Waals surface area contributed by atoms with E-state index in [1.165, 1.54) is 4.90 Å². The Morgan fingerprint density at radius 3 is 2.21 bits per heavy atom. The molecule has 1 aliphatic rings. The van der Waals surface area contributed by atoms with E-state index in [9.17, 15) is 14.4 Å². The van der Waals surface area contributed by atoms with Gasteiger partial charge in [0.25, 0.3) is 5.91 Å². The maximum absolute atomic E-state index is 12.9. The maximum atomic E-state index is 12.9. The van der Waals surface area contributed by atoms with Gasteiger partial charge in [0.15, 0.2) is 0 Å². The summed E-state index contributed by atoms with van der Waals surface area (Å²) >= 11 is 0. The second-order valence-electron chi connectivity index (χ2n) is 7.10. The van der Waals surface area contributed by atoms with Crippen LogP contribution in [0.5, 0.6) is 0 Å². The number of para-hydroxylation sites is 1. The van der Waals surface area contributed by atoms with Crippen LogP contribution in [0.25, 0.3) is 5.69 Å². The third kappa shape index (κ3) is 4.05. The van der Waals surface area contributed by atoms with Crippen LogP contribution in [0.3, 0.4) is 0 Å². The van der Waals surface area contributed by atoms with Crippen LogP contribution in [0.4, 0.5) is 0 Å². The normalized spacial score (nSPS) is 14.3. The Labute approximate surface area is 164 Å². The van der Waals surface area contributed by atoms with Crippen molar-refractivity contribution in [3.05, 3.63) is 47.8 Å². The molecule has 1 N–H and O–H groups in total. The van der Waals surface area contributed by atoms with E-state index >= 15 is 0 Å². The first-order chi connectivity index (χ1) is 13.4. The summed E-state index contributed by atoms with van der Waals surface area (Å²) in [5.74, 6) is -1.26. The molecule has 1 aromatic heterocycles. The summed E-state index contributed by atoms with van der Waals surface area (Å²) in [5.41, 5.74) is 2.21. The number of aromatic nitrogens is 2. The molecule has 0 saturated carbocycles. The zero-order valence-corrected chi connectivity index (χ0v) is 16.4. The highest BCUT2D eigenvalue weighted by Gasteiger charge is 2.29. The molecule has 3 amide bonds. The van der Waals surface area contributed by atoms with Crippen molar-refractivity contribution >= 4 is 17.7 Å². The molecular formula is C20H25N5O3. The zero-order valence-electron chi connectivity index (χ0n) is 16.4. The predicted octanol–water partition coefficient (Wildman–Crippen LogP) is 0.990. The Morgan fingerprint density at radius 1 is 1.00 bits per heavy atom. The van der Waals surface area contributed by atoms with Crippen LogP contribution >= 0.6 is 0 Å². The molecule has 0 bridgehead atoms. The molecular weight excluding hydrogens is 358 g/mol. The number of nitrogens with one attached hydrogen (secondary N) is 1. The number of nitrogens with zero attached hydrogens (tertiary/aromatic N) is 4. The lowest BCUT2D eigenvalue weighted by molar-refractivity contribution is -0.147. The molecule has 1 aliphatic heterocycles. The molecule has 148 valence electrons. The summed E-state index contributed by atoms with van der Waals surface area (Å²) in [5, 5.41) is 6.95. The molecule has 0 radical (unpaired) electrons. The van der Waals surface area contributed by atoms with Gasteiger partial charge in [-0.3, -0.25) is 14.4 Å². The van der Waals surface area contributed by atoms with E-state index in [-0.39, 0.29) is 11.9 Å². The molecule has 1 saturated heterocycles. The van der Waals surface area contributed by atoms with Gasteiger partial charge < -0.3 is 15.1 Å². The highest BCUT2D eigenvalue weighted by Crippen LogP contribution is 2.17. The lowest BCUT2D eigenvalue weighted by Crippen LogP contribution is -2.54. The standard InChI is InChI=1S/C20H25N5O3/c1-14(2)22-18(26)20(28)24-11-9-23(10-12-24)19(27)17-13-21-25(15(17)3)16-7-5-4-6-8-16/h4-8,13-14H,9-12H2,1-3H3,(H,22,26). The Hall–Kier alpha value is -3.16. The molecule has 8 nitrogen and oxygen atoms in total. The summed E-state index contributed by atoms with van der Waals surface area (Å²) in [6.07, 6.45) is 1.58. The molecule has 0 unspecified atom stereocenters. The van der Waals surface area contributed by atoms with E-state index in [4.69, 9.17) is 0 Å². The van der Waals surface area contributed by atoms with Gasteiger partial charge in [-0.15, -0.1) is 0 Å². The minimum absolute atomic E-state index is 0.0940. The first kappa shape index (κ1) is 19.6. The maximum Gasteiger partial charge on any atom is 0.312 e. The topological polar surface area (TPSA) is 87.5 Å².